The second kappa shape index (κ2) is 9.21. The summed E-state index contributed by atoms with van der Waals surface area (Å²) in [4.78, 5) is 25.6. The Bertz CT molecular complexity index is 789. The molecule has 27 heavy (non-hydrogen) atoms. The molecule has 8 heteroatoms. The Morgan fingerprint density at radius 1 is 1.26 bits per heavy atom. The molecule has 1 atom stereocenters. The van der Waals surface area contributed by atoms with E-state index in [-0.39, 0.29) is 43.1 Å². The predicted molar refractivity (Wildman–Crippen MR) is 101 cm³/mol. The van der Waals surface area contributed by atoms with Gasteiger partial charge < -0.3 is 14.4 Å². The van der Waals surface area contributed by atoms with Crippen molar-refractivity contribution >= 4 is 21.7 Å². The molecule has 1 saturated heterocycles. The highest BCUT2D eigenvalue weighted by atomic mass is 32.2. The van der Waals surface area contributed by atoms with Crippen molar-refractivity contribution < 1.29 is 27.5 Å². The van der Waals surface area contributed by atoms with E-state index in [0.717, 1.165) is 16.9 Å². The van der Waals surface area contributed by atoms with E-state index in [1.165, 1.54) is 4.90 Å². The van der Waals surface area contributed by atoms with Crippen molar-refractivity contribution in [2.24, 2.45) is 0 Å². The van der Waals surface area contributed by atoms with Crippen molar-refractivity contribution in [1.29, 1.82) is 0 Å². The number of amides is 1. The van der Waals surface area contributed by atoms with Crippen molar-refractivity contribution in [1.82, 2.24) is 4.90 Å². The number of carbonyl (C=O) groups is 2. The van der Waals surface area contributed by atoms with Gasteiger partial charge in [-0.2, -0.15) is 0 Å². The van der Waals surface area contributed by atoms with Gasteiger partial charge >= 0.3 is 5.97 Å². The lowest BCUT2D eigenvalue weighted by Crippen LogP contribution is -2.43. The molecule has 0 bridgehead atoms. The third-order valence-corrected chi connectivity index (χ3v) is 6.32. The molecule has 1 aliphatic heterocycles. The average molecular weight is 397 g/mol. The molecule has 0 N–H and O–H groups in total. The van der Waals surface area contributed by atoms with E-state index in [1.807, 2.05) is 32.0 Å². The lowest BCUT2D eigenvalue weighted by atomic mass is 10.1. The number of nitrogens with zero attached hydrogens (tertiary/aromatic N) is 1. The first-order valence-electron chi connectivity index (χ1n) is 9.07. The fraction of sp³-hybridized carbons (Fsp3) is 0.579. The average Bonchev–Trinajstić information content (AvgIpc) is 2.96. The topological polar surface area (TPSA) is 90.0 Å². The van der Waals surface area contributed by atoms with Gasteiger partial charge in [-0.1, -0.05) is 12.1 Å². The Morgan fingerprint density at radius 3 is 2.63 bits per heavy atom. The smallest absolute Gasteiger partial charge is 0.309 e. The standard InChI is InChI=1S/C19H27NO6S/c1-4-20(16-8-10-27(23,24)13-16)18(21)12-26-19(22)7-9-25-17-11-14(2)5-6-15(17)3/h5-6,11,16H,4,7-10,12-13H2,1-3H3. The van der Waals surface area contributed by atoms with E-state index in [2.05, 4.69) is 0 Å². The second-order valence-electron chi connectivity index (χ2n) is 6.76. The number of sulfone groups is 1. The van der Waals surface area contributed by atoms with Crippen LogP contribution in [0.5, 0.6) is 5.75 Å². The van der Waals surface area contributed by atoms with Crippen LogP contribution in [-0.4, -0.2) is 62.5 Å². The Labute approximate surface area is 160 Å². The Hall–Kier alpha value is -2.09. The number of esters is 1. The van der Waals surface area contributed by atoms with Gasteiger partial charge in [0.15, 0.2) is 16.4 Å². The summed E-state index contributed by atoms with van der Waals surface area (Å²) in [5, 5.41) is 0. The summed E-state index contributed by atoms with van der Waals surface area (Å²) < 4.78 is 33.8. The maximum Gasteiger partial charge on any atom is 0.309 e. The highest BCUT2D eigenvalue weighted by Gasteiger charge is 2.34. The number of aryl methyl sites for hydroxylation is 2. The highest BCUT2D eigenvalue weighted by molar-refractivity contribution is 7.91. The fourth-order valence-corrected chi connectivity index (χ4v) is 4.79. The maximum absolute atomic E-state index is 12.3. The van der Waals surface area contributed by atoms with Crippen molar-refractivity contribution in [2.45, 2.75) is 39.7 Å². The monoisotopic (exact) mass is 397 g/mol. The number of carbonyl (C=O) groups excluding carboxylic acids is 2. The molecule has 1 fully saturated rings. The number of hydrogen-bond donors (Lipinski definition) is 0. The molecule has 0 aliphatic carbocycles. The Kier molecular flexibility index (Phi) is 7.24. The minimum Gasteiger partial charge on any atom is -0.493 e. The molecule has 0 saturated carbocycles. The molecule has 1 amide bonds. The lowest BCUT2D eigenvalue weighted by molar-refractivity contribution is -0.153. The Balaban J connectivity index is 1.75. The van der Waals surface area contributed by atoms with Crippen LogP contribution < -0.4 is 4.74 Å². The summed E-state index contributed by atoms with van der Waals surface area (Å²) >= 11 is 0. The lowest BCUT2D eigenvalue weighted by Gasteiger charge is -2.26. The Morgan fingerprint density at radius 2 is 2.00 bits per heavy atom. The zero-order valence-corrected chi connectivity index (χ0v) is 16.9. The molecule has 2 rings (SSSR count). The van der Waals surface area contributed by atoms with Crippen LogP contribution in [0.15, 0.2) is 18.2 Å². The van der Waals surface area contributed by atoms with Crippen LogP contribution in [0, 0.1) is 13.8 Å². The summed E-state index contributed by atoms with van der Waals surface area (Å²) in [5.41, 5.74) is 2.05. The zero-order chi connectivity index (χ0) is 20.0. The van der Waals surface area contributed by atoms with E-state index in [4.69, 9.17) is 9.47 Å². The first-order valence-corrected chi connectivity index (χ1v) is 10.9. The van der Waals surface area contributed by atoms with E-state index < -0.39 is 15.8 Å². The van der Waals surface area contributed by atoms with Gasteiger partial charge in [0.25, 0.3) is 5.91 Å². The van der Waals surface area contributed by atoms with Gasteiger partial charge in [0.1, 0.15) is 5.75 Å². The van der Waals surface area contributed by atoms with Gasteiger partial charge in [-0.05, 0) is 44.4 Å². The maximum atomic E-state index is 12.3. The molecule has 1 aliphatic rings. The zero-order valence-electron chi connectivity index (χ0n) is 16.1. The third kappa shape index (κ3) is 6.23. The molecule has 7 nitrogen and oxygen atoms in total. The van der Waals surface area contributed by atoms with E-state index in [1.54, 1.807) is 6.92 Å². The van der Waals surface area contributed by atoms with Gasteiger partial charge in [-0.15, -0.1) is 0 Å². The van der Waals surface area contributed by atoms with Gasteiger partial charge in [0, 0.05) is 12.6 Å². The minimum atomic E-state index is -3.08. The van der Waals surface area contributed by atoms with Crippen LogP contribution in [0.3, 0.4) is 0 Å². The number of benzene rings is 1. The number of hydrogen-bond acceptors (Lipinski definition) is 6. The summed E-state index contributed by atoms with van der Waals surface area (Å²) in [6.07, 6.45) is 0.462. The normalized spacial score (nSPS) is 18.1. The van der Waals surface area contributed by atoms with Gasteiger partial charge in [0.2, 0.25) is 0 Å². The molecule has 1 heterocycles. The minimum absolute atomic E-state index is 0.0236. The van der Waals surface area contributed by atoms with E-state index in [0.29, 0.717) is 13.0 Å². The van der Waals surface area contributed by atoms with Crippen LogP contribution in [0.2, 0.25) is 0 Å². The first kappa shape index (κ1) is 21.2. The van der Waals surface area contributed by atoms with Gasteiger partial charge in [-0.25, -0.2) is 8.42 Å². The SMILES string of the molecule is CCN(C(=O)COC(=O)CCOc1cc(C)ccc1C)C1CCS(=O)(=O)C1. The fourth-order valence-electron chi connectivity index (χ4n) is 3.06. The first-order chi connectivity index (χ1) is 12.7. The molecule has 0 spiro atoms. The highest BCUT2D eigenvalue weighted by Crippen LogP contribution is 2.19. The quantitative estimate of drug-likeness (QED) is 0.620. The summed E-state index contributed by atoms with van der Waals surface area (Å²) in [6.45, 7) is 5.83. The number of rotatable bonds is 8. The van der Waals surface area contributed by atoms with Crippen molar-refractivity contribution in [2.75, 3.05) is 31.3 Å². The molecule has 0 aromatic heterocycles. The summed E-state index contributed by atoms with van der Waals surface area (Å²) in [5.74, 6) is -0.105. The number of ether oxygens (including phenoxy) is 2. The molecule has 1 aromatic rings. The van der Waals surface area contributed by atoms with Crippen LogP contribution in [0.25, 0.3) is 0 Å². The predicted octanol–water partition coefficient (Wildman–Crippen LogP) is 1.65. The van der Waals surface area contributed by atoms with Crippen molar-refractivity contribution in [3.8, 4) is 5.75 Å². The molecule has 1 unspecified atom stereocenters. The van der Waals surface area contributed by atoms with E-state index in [9.17, 15) is 18.0 Å². The number of likely N-dealkylation sites (N-methyl/N-ethyl adjacent to an activating group) is 1. The van der Waals surface area contributed by atoms with Crippen LogP contribution >= 0.6 is 0 Å². The van der Waals surface area contributed by atoms with Crippen molar-refractivity contribution in [3.05, 3.63) is 29.3 Å². The van der Waals surface area contributed by atoms with Gasteiger partial charge in [0.05, 0.1) is 24.5 Å². The second-order valence-corrected chi connectivity index (χ2v) is 8.99. The van der Waals surface area contributed by atoms with Crippen molar-refractivity contribution in [3.63, 3.8) is 0 Å². The molecular formula is C19H27NO6S. The molecular weight excluding hydrogens is 370 g/mol. The molecule has 150 valence electrons. The summed E-state index contributed by atoms with van der Waals surface area (Å²) in [6, 6.07) is 5.50. The van der Waals surface area contributed by atoms with Gasteiger partial charge in [-0.3, -0.25) is 9.59 Å². The van der Waals surface area contributed by atoms with E-state index >= 15 is 0 Å². The molecule has 0 radical (unpaired) electrons. The summed E-state index contributed by atoms with van der Waals surface area (Å²) in [7, 11) is -3.08. The van der Waals surface area contributed by atoms with Crippen LogP contribution in [0.4, 0.5) is 0 Å². The van der Waals surface area contributed by atoms with Crippen LogP contribution in [-0.2, 0) is 24.2 Å². The van der Waals surface area contributed by atoms with Crippen LogP contribution in [0.1, 0.15) is 30.9 Å². The molecule has 1 aromatic carbocycles. The third-order valence-electron chi connectivity index (χ3n) is 4.57. The largest absolute Gasteiger partial charge is 0.493 e.